The lowest BCUT2D eigenvalue weighted by atomic mass is 10.0. The van der Waals surface area contributed by atoms with E-state index >= 15 is 0 Å². The molecule has 2 N–H and O–H groups in total. The first-order chi connectivity index (χ1) is 7.10. The number of fused-ring (bicyclic) bond motifs is 1. The van der Waals surface area contributed by atoms with E-state index in [2.05, 4.69) is 32.0 Å². The first-order valence-electron chi connectivity index (χ1n) is 5.62. The summed E-state index contributed by atoms with van der Waals surface area (Å²) in [7, 11) is 0. The van der Waals surface area contributed by atoms with Gasteiger partial charge in [0, 0.05) is 18.4 Å². The van der Waals surface area contributed by atoms with Crippen molar-refractivity contribution in [3.8, 4) is 5.75 Å². The number of nitrogens with two attached hydrogens (primary N) is 1. The summed E-state index contributed by atoms with van der Waals surface area (Å²) in [5, 5.41) is 0. The Hall–Kier alpha value is -1.02. The molecule has 2 nitrogen and oxygen atoms in total. The Bertz CT molecular complexity index is 411. The van der Waals surface area contributed by atoms with Gasteiger partial charge >= 0.3 is 0 Å². The Morgan fingerprint density at radius 2 is 2.13 bits per heavy atom. The van der Waals surface area contributed by atoms with E-state index < -0.39 is 0 Å². The molecular weight excluding hydrogens is 186 g/mol. The van der Waals surface area contributed by atoms with E-state index in [0.717, 1.165) is 18.8 Å². The molecule has 0 aromatic heterocycles. The summed E-state index contributed by atoms with van der Waals surface area (Å²) in [4.78, 5) is 0. The Balaban J connectivity index is 1.95. The third kappa shape index (κ3) is 1.21. The topological polar surface area (TPSA) is 35.2 Å². The maximum atomic E-state index is 6.09. The number of hydrogen-bond acceptors (Lipinski definition) is 2. The molecule has 1 aliphatic heterocycles. The molecule has 1 fully saturated rings. The van der Waals surface area contributed by atoms with Crippen molar-refractivity contribution in [3.05, 3.63) is 29.3 Å². The lowest BCUT2D eigenvalue weighted by Crippen LogP contribution is -2.06. The Morgan fingerprint density at radius 1 is 1.40 bits per heavy atom. The molecule has 80 valence electrons. The summed E-state index contributed by atoms with van der Waals surface area (Å²) < 4.78 is 5.50. The summed E-state index contributed by atoms with van der Waals surface area (Å²) >= 11 is 0. The van der Waals surface area contributed by atoms with E-state index in [1.165, 1.54) is 11.1 Å². The van der Waals surface area contributed by atoms with E-state index in [0.29, 0.717) is 12.0 Å². The van der Waals surface area contributed by atoms with Crippen LogP contribution in [-0.2, 0) is 6.42 Å². The van der Waals surface area contributed by atoms with Gasteiger partial charge in [-0.3, -0.25) is 0 Å². The van der Waals surface area contributed by atoms with Crippen LogP contribution in [0.15, 0.2) is 18.2 Å². The van der Waals surface area contributed by atoms with Gasteiger partial charge in [-0.15, -0.1) is 0 Å². The first kappa shape index (κ1) is 9.22. The minimum Gasteiger partial charge on any atom is -0.493 e. The monoisotopic (exact) mass is 203 g/mol. The van der Waals surface area contributed by atoms with Crippen molar-refractivity contribution in [1.82, 2.24) is 0 Å². The second kappa shape index (κ2) is 2.76. The molecule has 2 heteroatoms. The highest BCUT2D eigenvalue weighted by molar-refractivity contribution is 5.44. The molecule has 2 aliphatic rings. The normalized spacial score (nSPS) is 30.9. The lowest BCUT2D eigenvalue weighted by Gasteiger charge is -2.05. The molecule has 1 aromatic rings. The smallest absolute Gasteiger partial charge is 0.122 e. The van der Waals surface area contributed by atoms with E-state index in [9.17, 15) is 0 Å². The molecule has 1 aliphatic carbocycles. The minimum atomic E-state index is 0.272. The number of hydrogen-bond donors (Lipinski definition) is 1. The molecule has 0 amide bonds. The molecular formula is C13H17NO. The summed E-state index contributed by atoms with van der Waals surface area (Å²) in [6, 6.07) is 6.86. The maximum absolute atomic E-state index is 6.09. The zero-order valence-corrected chi connectivity index (χ0v) is 9.29. The Kier molecular flexibility index (Phi) is 1.70. The van der Waals surface area contributed by atoms with Crippen molar-refractivity contribution in [1.29, 1.82) is 0 Å². The highest BCUT2D eigenvalue weighted by atomic mass is 16.5. The van der Waals surface area contributed by atoms with Crippen LogP contribution >= 0.6 is 0 Å². The van der Waals surface area contributed by atoms with Crippen LogP contribution in [0.3, 0.4) is 0 Å². The van der Waals surface area contributed by atoms with Crippen molar-refractivity contribution in [2.24, 2.45) is 11.1 Å². The minimum absolute atomic E-state index is 0.272. The van der Waals surface area contributed by atoms with Crippen molar-refractivity contribution >= 4 is 0 Å². The predicted octanol–water partition coefficient (Wildman–Crippen LogP) is 2.07. The molecule has 0 bridgehead atoms. The molecule has 15 heavy (non-hydrogen) atoms. The van der Waals surface area contributed by atoms with Crippen LogP contribution in [0.5, 0.6) is 5.75 Å². The van der Waals surface area contributed by atoms with Crippen LogP contribution in [0, 0.1) is 5.41 Å². The summed E-state index contributed by atoms with van der Waals surface area (Å²) in [5.74, 6) is 1.59. The second-order valence-corrected chi connectivity index (χ2v) is 5.29. The number of rotatable bonds is 1. The summed E-state index contributed by atoms with van der Waals surface area (Å²) in [6.45, 7) is 5.32. The highest BCUT2D eigenvalue weighted by Gasteiger charge is 2.56. The average Bonchev–Trinajstić information content (AvgIpc) is 2.62. The lowest BCUT2D eigenvalue weighted by molar-refractivity contribution is 0.357. The Morgan fingerprint density at radius 3 is 2.80 bits per heavy atom. The standard InChI is InChI=1S/C13H17NO/c1-13(2)11(12(13)14)9-3-4-10-8(7-9)5-6-15-10/h3-4,7,11-12H,5-6,14H2,1-2H3. The molecule has 1 heterocycles. The summed E-state index contributed by atoms with van der Waals surface area (Å²) in [5.41, 5.74) is 9.10. The van der Waals surface area contributed by atoms with Crippen molar-refractivity contribution < 1.29 is 4.74 Å². The van der Waals surface area contributed by atoms with Gasteiger partial charge < -0.3 is 10.5 Å². The van der Waals surface area contributed by atoms with Crippen LogP contribution in [0.2, 0.25) is 0 Å². The SMILES string of the molecule is CC1(C)C(N)C1c1ccc2c(c1)CCO2. The van der Waals surface area contributed by atoms with Gasteiger partial charge in [-0.25, -0.2) is 0 Å². The van der Waals surface area contributed by atoms with Gasteiger partial charge in [0.1, 0.15) is 5.75 Å². The quantitative estimate of drug-likeness (QED) is 0.758. The van der Waals surface area contributed by atoms with Gasteiger partial charge in [0.25, 0.3) is 0 Å². The largest absolute Gasteiger partial charge is 0.493 e. The molecule has 0 spiro atoms. The van der Waals surface area contributed by atoms with Gasteiger partial charge in [0.05, 0.1) is 6.61 Å². The van der Waals surface area contributed by atoms with Crippen LogP contribution in [0.4, 0.5) is 0 Å². The molecule has 1 aromatic carbocycles. The molecule has 1 saturated carbocycles. The molecule has 0 saturated heterocycles. The molecule has 3 rings (SSSR count). The van der Waals surface area contributed by atoms with Gasteiger partial charge in [0.15, 0.2) is 0 Å². The predicted molar refractivity (Wildman–Crippen MR) is 60.1 cm³/mol. The van der Waals surface area contributed by atoms with Crippen molar-refractivity contribution in [3.63, 3.8) is 0 Å². The molecule has 0 radical (unpaired) electrons. The second-order valence-electron chi connectivity index (χ2n) is 5.29. The zero-order chi connectivity index (χ0) is 10.6. The maximum Gasteiger partial charge on any atom is 0.122 e. The van der Waals surface area contributed by atoms with Crippen LogP contribution in [0.1, 0.15) is 30.9 Å². The van der Waals surface area contributed by atoms with Gasteiger partial charge in [-0.2, -0.15) is 0 Å². The third-order valence-corrected chi connectivity index (χ3v) is 3.98. The molecule has 2 atom stereocenters. The average molecular weight is 203 g/mol. The fourth-order valence-electron chi connectivity index (χ4n) is 2.71. The van der Waals surface area contributed by atoms with Crippen molar-refractivity contribution in [2.45, 2.75) is 32.2 Å². The Labute approximate surface area is 90.4 Å². The van der Waals surface area contributed by atoms with Crippen LogP contribution in [0.25, 0.3) is 0 Å². The van der Waals surface area contributed by atoms with Crippen LogP contribution in [-0.4, -0.2) is 12.6 Å². The van der Waals surface area contributed by atoms with Gasteiger partial charge in [-0.05, 0) is 22.6 Å². The third-order valence-electron chi connectivity index (χ3n) is 3.98. The van der Waals surface area contributed by atoms with E-state index in [4.69, 9.17) is 10.5 Å². The number of benzene rings is 1. The van der Waals surface area contributed by atoms with Gasteiger partial charge in [-0.1, -0.05) is 26.0 Å². The first-order valence-corrected chi connectivity index (χ1v) is 5.62. The molecule has 2 unspecified atom stereocenters. The van der Waals surface area contributed by atoms with Gasteiger partial charge in [0.2, 0.25) is 0 Å². The van der Waals surface area contributed by atoms with E-state index in [1.807, 2.05) is 0 Å². The fraction of sp³-hybridized carbons (Fsp3) is 0.538. The highest BCUT2D eigenvalue weighted by Crippen LogP contribution is 2.57. The number of ether oxygens (including phenoxy) is 1. The summed E-state index contributed by atoms with van der Waals surface area (Å²) in [6.07, 6.45) is 1.05. The fourth-order valence-corrected chi connectivity index (χ4v) is 2.71. The van der Waals surface area contributed by atoms with Crippen LogP contribution < -0.4 is 10.5 Å². The van der Waals surface area contributed by atoms with E-state index in [1.54, 1.807) is 0 Å². The zero-order valence-electron chi connectivity index (χ0n) is 9.29. The van der Waals surface area contributed by atoms with Crippen molar-refractivity contribution in [2.75, 3.05) is 6.61 Å². The van der Waals surface area contributed by atoms with E-state index in [-0.39, 0.29) is 5.41 Å².